The van der Waals surface area contributed by atoms with E-state index in [0.29, 0.717) is 11.8 Å². The van der Waals surface area contributed by atoms with Gasteiger partial charge in [0.25, 0.3) is 5.91 Å². The van der Waals surface area contributed by atoms with Crippen molar-refractivity contribution in [3.8, 4) is 0 Å². The number of aromatic nitrogens is 3. The lowest BCUT2D eigenvalue weighted by Gasteiger charge is -2.21. The van der Waals surface area contributed by atoms with E-state index in [9.17, 15) is 9.59 Å². The molecular weight excluding hydrogens is 260 g/mol. The molecule has 108 valence electrons. The van der Waals surface area contributed by atoms with Gasteiger partial charge in [-0.15, -0.1) is 5.10 Å². The van der Waals surface area contributed by atoms with E-state index in [4.69, 9.17) is 5.11 Å². The molecule has 0 aliphatic heterocycles. The van der Waals surface area contributed by atoms with Gasteiger partial charge in [0.15, 0.2) is 5.69 Å². The van der Waals surface area contributed by atoms with Gasteiger partial charge in [-0.05, 0) is 37.5 Å². The molecule has 1 aromatic heterocycles. The molecular formula is C13H18N4O3. The van der Waals surface area contributed by atoms with Crippen LogP contribution in [0.25, 0.3) is 0 Å². The zero-order valence-corrected chi connectivity index (χ0v) is 11.2. The van der Waals surface area contributed by atoms with Crippen molar-refractivity contribution >= 4 is 11.9 Å². The van der Waals surface area contributed by atoms with Crippen LogP contribution >= 0.6 is 0 Å². The van der Waals surface area contributed by atoms with Crippen LogP contribution < -0.4 is 0 Å². The third-order valence-corrected chi connectivity index (χ3v) is 3.69. The van der Waals surface area contributed by atoms with Gasteiger partial charge in [0.1, 0.15) is 6.54 Å². The molecule has 2 fully saturated rings. The summed E-state index contributed by atoms with van der Waals surface area (Å²) in [6, 6.07) is 0. The number of hydrogen-bond donors (Lipinski definition) is 1. The molecule has 2 aliphatic carbocycles. The molecule has 1 amide bonds. The van der Waals surface area contributed by atoms with E-state index in [1.54, 1.807) is 0 Å². The Hall–Kier alpha value is -1.92. The molecule has 1 aromatic rings. The normalized spacial score (nSPS) is 18.0. The van der Waals surface area contributed by atoms with Gasteiger partial charge in [0.05, 0.1) is 6.20 Å². The van der Waals surface area contributed by atoms with Crippen LogP contribution in [0.15, 0.2) is 6.20 Å². The van der Waals surface area contributed by atoms with Crippen molar-refractivity contribution in [2.45, 2.75) is 32.2 Å². The quantitative estimate of drug-likeness (QED) is 0.790. The van der Waals surface area contributed by atoms with Crippen molar-refractivity contribution in [3.63, 3.8) is 0 Å². The highest BCUT2D eigenvalue weighted by atomic mass is 16.4. The van der Waals surface area contributed by atoms with E-state index < -0.39 is 5.97 Å². The number of rotatable bonds is 7. The van der Waals surface area contributed by atoms with Crippen molar-refractivity contribution in [3.05, 3.63) is 11.9 Å². The highest BCUT2D eigenvalue weighted by Crippen LogP contribution is 2.34. The number of amides is 1. The van der Waals surface area contributed by atoms with Crippen molar-refractivity contribution < 1.29 is 14.7 Å². The molecule has 1 N–H and O–H groups in total. The van der Waals surface area contributed by atoms with Crippen molar-refractivity contribution in [2.24, 2.45) is 11.8 Å². The first-order chi connectivity index (χ1) is 9.61. The average Bonchev–Trinajstić information content (AvgIpc) is 3.30. The SMILES string of the molecule is O=C(O)Cn1cc(C(=O)N(CC2CC2)CC2CC2)nn1. The summed E-state index contributed by atoms with van der Waals surface area (Å²) in [5, 5.41) is 16.2. The molecule has 3 rings (SSSR count). The average molecular weight is 278 g/mol. The van der Waals surface area contributed by atoms with Gasteiger partial charge in [0.2, 0.25) is 0 Å². The highest BCUT2D eigenvalue weighted by molar-refractivity contribution is 5.92. The molecule has 7 nitrogen and oxygen atoms in total. The van der Waals surface area contributed by atoms with Crippen LogP contribution in [0.4, 0.5) is 0 Å². The third kappa shape index (κ3) is 3.34. The minimum Gasteiger partial charge on any atom is -0.480 e. The van der Waals surface area contributed by atoms with Crippen LogP contribution in [0.2, 0.25) is 0 Å². The van der Waals surface area contributed by atoms with E-state index in [0.717, 1.165) is 13.1 Å². The number of carbonyl (C=O) groups is 2. The number of aliphatic carboxylic acids is 1. The lowest BCUT2D eigenvalue weighted by molar-refractivity contribution is -0.137. The fourth-order valence-corrected chi connectivity index (χ4v) is 2.24. The van der Waals surface area contributed by atoms with E-state index >= 15 is 0 Å². The summed E-state index contributed by atoms with van der Waals surface area (Å²) in [7, 11) is 0. The van der Waals surface area contributed by atoms with Gasteiger partial charge in [-0.25, -0.2) is 4.68 Å². The van der Waals surface area contributed by atoms with Gasteiger partial charge < -0.3 is 10.0 Å². The Morgan fingerprint density at radius 1 is 1.25 bits per heavy atom. The minimum atomic E-state index is -0.998. The first kappa shape index (κ1) is 13.1. The van der Waals surface area contributed by atoms with Gasteiger partial charge in [-0.3, -0.25) is 9.59 Å². The standard InChI is InChI=1S/C13H18N4O3/c18-12(19)8-17-7-11(14-15-17)13(20)16(5-9-1-2-9)6-10-3-4-10/h7,9-10H,1-6,8H2,(H,18,19). The van der Waals surface area contributed by atoms with Crippen LogP contribution in [0.1, 0.15) is 36.2 Å². The summed E-state index contributed by atoms with van der Waals surface area (Å²) < 4.78 is 1.18. The molecule has 20 heavy (non-hydrogen) atoms. The predicted molar refractivity (Wildman–Crippen MR) is 69.0 cm³/mol. The van der Waals surface area contributed by atoms with Gasteiger partial charge in [-0.2, -0.15) is 0 Å². The first-order valence-corrected chi connectivity index (χ1v) is 7.03. The predicted octanol–water partition coefficient (Wildman–Crippen LogP) is 0.625. The van der Waals surface area contributed by atoms with Crippen molar-refractivity contribution in [2.75, 3.05) is 13.1 Å². The van der Waals surface area contributed by atoms with Crippen molar-refractivity contribution in [1.82, 2.24) is 19.9 Å². The summed E-state index contributed by atoms with van der Waals surface area (Å²) in [6.45, 7) is 1.31. The minimum absolute atomic E-state index is 0.125. The van der Waals surface area contributed by atoms with Gasteiger partial charge in [-0.1, -0.05) is 5.21 Å². The Balaban J connectivity index is 1.66. The molecule has 0 spiro atoms. The maximum absolute atomic E-state index is 12.4. The number of carboxylic acid groups (broad SMARTS) is 1. The second-order valence-corrected chi connectivity index (χ2v) is 5.79. The van der Waals surface area contributed by atoms with Gasteiger partial charge in [0, 0.05) is 13.1 Å². The third-order valence-electron chi connectivity index (χ3n) is 3.69. The largest absolute Gasteiger partial charge is 0.480 e. The molecule has 2 aliphatic rings. The second-order valence-electron chi connectivity index (χ2n) is 5.79. The van der Waals surface area contributed by atoms with Crippen LogP contribution in [0.5, 0.6) is 0 Å². The number of nitrogens with zero attached hydrogens (tertiary/aromatic N) is 4. The molecule has 1 heterocycles. The lowest BCUT2D eigenvalue weighted by atomic mass is 10.3. The molecule has 0 aromatic carbocycles. The fraction of sp³-hybridized carbons (Fsp3) is 0.692. The van der Waals surface area contributed by atoms with Crippen LogP contribution in [-0.4, -0.2) is 50.0 Å². The fourth-order valence-electron chi connectivity index (χ4n) is 2.24. The van der Waals surface area contributed by atoms with E-state index in [-0.39, 0.29) is 18.1 Å². The summed E-state index contributed by atoms with van der Waals surface area (Å²) in [5.74, 6) is 0.140. The smallest absolute Gasteiger partial charge is 0.325 e. The van der Waals surface area contributed by atoms with Gasteiger partial charge >= 0.3 is 5.97 Å². The number of carbonyl (C=O) groups excluding carboxylic acids is 1. The molecule has 0 bridgehead atoms. The Morgan fingerprint density at radius 2 is 1.85 bits per heavy atom. The maximum Gasteiger partial charge on any atom is 0.325 e. The molecule has 2 saturated carbocycles. The first-order valence-electron chi connectivity index (χ1n) is 7.03. The number of carboxylic acids is 1. The molecule has 0 saturated heterocycles. The monoisotopic (exact) mass is 278 g/mol. The van der Waals surface area contributed by atoms with Crippen LogP contribution in [0.3, 0.4) is 0 Å². The van der Waals surface area contributed by atoms with Crippen LogP contribution in [-0.2, 0) is 11.3 Å². The lowest BCUT2D eigenvalue weighted by Crippen LogP contribution is -2.35. The summed E-state index contributed by atoms with van der Waals surface area (Å²) in [4.78, 5) is 24.9. The molecule has 0 atom stereocenters. The summed E-state index contributed by atoms with van der Waals surface area (Å²) >= 11 is 0. The van der Waals surface area contributed by atoms with Crippen molar-refractivity contribution in [1.29, 1.82) is 0 Å². The molecule has 0 radical (unpaired) electrons. The zero-order chi connectivity index (χ0) is 14.1. The maximum atomic E-state index is 12.4. The zero-order valence-electron chi connectivity index (χ0n) is 11.2. The van der Waals surface area contributed by atoms with E-state index in [1.165, 1.54) is 36.6 Å². The number of hydrogen-bond acceptors (Lipinski definition) is 4. The summed E-state index contributed by atoms with van der Waals surface area (Å²) in [5.41, 5.74) is 0.243. The molecule has 7 heteroatoms. The Labute approximate surface area is 116 Å². The van der Waals surface area contributed by atoms with E-state index in [1.807, 2.05) is 4.90 Å². The second kappa shape index (κ2) is 5.22. The Morgan fingerprint density at radius 3 is 2.35 bits per heavy atom. The Kier molecular flexibility index (Phi) is 3.42. The highest BCUT2D eigenvalue weighted by Gasteiger charge is 2.32. The Bertz CT molecular complexity index is 505. The molecule has 0 unspecified atom stereocenters. The van der Waals surface area contributed by atoms with E-state index in [2.05, 4.69) is 10.3 Å². The topological polar surface area (TPSA) is 88.3 Å². The summed E-state index contributed by atoms with van der Waals surface area (Å²) in [6.07, 6.45) is 6.20. The van der Waals surface area contributed by atoms with Crippen LogP contribution in [0, 0.1) is 11.8 Å².